The van der Waals surface area contributed by atoms with Crippen LogP contribution in [0.5, 0.6) is 0 Å². The lowest BCUT2D eigenvalue weighted by atomic mass is 10.1. The van der Waals surface area contributed by atoms with Crippen LogP contribution in [0.3, 0.4) is 0 Å². The van der Waals surface area contributed by atoms with Gasteiger partial charge in [0.2, 0.25) is 0 Å². The Balaban J connectivity index is 2.55. The van der Waals surface area contributed by atoms with E-state index in [1.54, 1.807) is 11.3 Å². The van der Waals surface area contributed by atoms with E-state index >= 15 is 0 Å². The van der Waals surface area contributed by atoms with E-state index in [2.05, 4.69) is 29.8 Å². The standard InChI is InChI=1S/C12H11NS2/c1-3-4-8(2)9-5-6-11-10(7-9)13-12(14)15-11/h3-7H,2H2,1H3,(H,13,14)/b4-3-. The quantitative estimate of drug-likeness (QED) is 0.594. The average Bonchev–Trinajstić information content (AvgIpc) is 2.57. The predicted octanol–water partition coefficient (Wildman–Crippen LogP) is 4.55. The molecule has 0 atom stereocenters. The Labute approximate surface area is 97.8 Å². The van der Waals surface area contributed by atoms with Crippen molar-refractivity contribution in [3.05, 3.63) is 46.4 Å². The lowest BCUT2D eigenvalue weighted by Gasteiger charge is -1.99. The van der Waals surface area contributed by atoms with E-state index in [-0.39, 0.29) is 0 Å². The molecule has 0 saturated carbocycles. The van der Waals surface area contributed by atoms with Crippen LogP contribution in [0, 0.1) is 3.95 Å². The summed E-state index contributed by atoms with van der Waals surface area (Å²) in [6, 6.07) is 6.24. The van der Waals surface area contributed by atoms with Gasteiger partial charge in [0.1, 0.15) is 0 Å². The van der Waals surface area contributed by atoms with Crippen molar-refractivity contribution in [1.29, 1.82) is 0 Å². The second kappa shape index (κ2) is 4.13. The Morgan fingerprint density at radius 2 is 2.33 bits per heavy atom. The van der Waals surface area contributed by atoms with Gasteiger partial charge in [-0.1, -0.05) is 24.8 Å². The van der Waals surface area contributed by atoms with Crippen molar-refractivity contribution < 1.29 is 0 Å². The van der Waals surface area contributed by atoms with Crippen LogP contribution in [0.2, 0.25) is 0 Å². The Kier molecular flexibility index (Phi) is 2.84. The third kappa shape index (κ3) is 2.08. The predicted molar refractivity (Wildman–Crippen MR) is 70.9 cm³/mol. The monoisotopic (exact) mass is 233 g/mol. The zero-order valence-electron chi connectivity index (χ0n) is 8.41. The maximum Gasteiger partial charge on any atom is 0.159 e. The SMILES string of the molecule is C=C(/C=C\C)c1ccc2sc(=S)[nH]c2c1. The van der Waals surface area contributed by atoms with Crippen LogP contribution in [-0.4, -0.2) is 4.98 Å². The number of nitrogens with one attached hydrogen (secondary N) is 1. The summed E-state index contributed by atoms with van der Waals surface area (Å²) >= 11 is 6.70. The summed E-state index contributed by atoms with van der Waals surface area (Å²) < 4.78 is 2.01. The minimum atomic E-state index is 0.818. The molecule has 1 nitrogen and oxygen atoms in total. The summed E-state index contributed by atoms with van der Waals surface area (Å²) in [5.41, 5.74) is 3.24. The molecule has 76 valence electrons. The van der Waals surface area contributed by atoms with E-state index in [4.69, 9.17) is 12.2 Å². The molecule has 3 heteroatoms. The minimum Gasteiger partial charge on any atom is -0.337 e. The normalized spacial score (nSPS) is 11.3. The number of rotatable bonds is 2. The molecular formula is C12H11NS2. The fourth-order valence-corrected chi connectivity index (χ4v) is 2.55. The molecule has 15 heavy (non-hydrogen) atoms. The number of thiazole rings is 1. The highest BCUT2D eigenvalue weighted by Gasteiger charge is 2.00. The average molecular weight is 233 g/mol. The number of aromatic amines is 1. The summed E-state index contributed by atoms with van der Waals surface area (Å²) in [5.74, 6) is 0. The number of hydrogen-bond donors (Lipinski definition) is 1. The van der Waals surface area contributed by atoms with E-state index in [1.807, 2.05) is 19.1 Å². The summed E-state index contributed by atoms with van der Waals surface area (Å²) in [7, 11) is 0. The van der Waals surface area contributed by atoms with E-state index in [0.29, 0.717) is 0 Å². The highest BCUT2D eigenvalue weighted by Crippen LogP contribution is 2.23. The van der Waals surface area contributed by atoms with Gasteiger partial charge in [-0.2, -0.15) is 0 Å². The van der Waals surface area contributed by atoms with E-state index in [0.717, 1.165) is 20.6 Å². The maximum absolute atomic E-state index is 5.10. The molecule has 0 spiro atoms. The first-order valence-corrected chi connectivity index (χ1v) is 5.88. The largest absolute Gasteiger partial charge is 0.337 e. The molecule has 1 N–H and O–H groups in total. The number of hydrogen-bond acceptors (Lipinski definition) is 2. The van der Waals surface area contributed by atoms with Crippen molar-refractivity contribution in [3.8, 4) is 0 Å². The van der Waals surface area contributed by atoms with Crippen LogP contribution < -0.4 is 0 Å². The fraction of sp³-hybridized carbons (Fsp3) is 0.0833. The molecule has 0 bridgehead atoms. The van der Waals surface area contributed by atoms with Crippen LogP contribution in [0.4, 0.5) is 0 Å². The molecule has 0 fully saturated rings. The lowest BCUT2D eigenvalue weighted by Crippen LogP contribution is -1.78. The highest BCUT2D eigenvalue weighted by atomic mass is 32.1. The molecule has 1 aromatic heterocycles. The van der Waals surface area contributed by atoms with Crippen molar-refractivity contribution in [2.45, 2.75) is 6.92 Å². The number of fused-ring (bicyclic) bond motifs is 1. The molecule has 0 radical (unpaired) electrons. The zero-order chi connectivity index (χ0) is 10.8. The van der Waals surface area contributed by atoms with Gasteiger partial charge < -0.3 is 4.98 Å². The van der Waals surface area contributed by atoms with E-state index < -0.39 is 0 Å². The van der Waals surface area contributed by atoms with Gasteiger partial charge in [0.05, 0.1) is 10.2 Å². The van der Waals surface area contributed by atoms with Gasteiger partial charge in [-0.3, -0.25) is 0 Å². The number of H-pyrrole nitrogens is 1. The summed E-state index contributed by atoms with van der Waals surface area (Å²) in [5, 5.41) is 0. The van der Waals surface area contributed by atoms with Gasteiger partial charge in [0.25, 0.3) is 0 Å². The van der Waals surface area contributed by atoms with Gasteiger partial charge >= 0.3 is 0 Å². The van der Waals surface area contributed by atoms with Crippen LogP contribution >= 0.6 is 23.6 Å². The van der Waals surface area contributed by atoms with Gasteiger partial charge in [0.15, 0.2) is 3.95 Å². The van der Waals surface area contributed by atoms with Crippen LogP contribution in [0.1, 0.15) is 12.5 Å². The molecular weight excluding hydrogens is 222 g/mol. The Morgan fingerprint density at radius 1 is 1.53 bits per heavy atom. The topological polar surface area (TPSA) is 15.8 Å². The molecule has 0 amide bonds. The Hall–Kier alpha value is -1.19. The second-order valence-electron chi connectivity index (χ2n) is 3.25. The highest BCUT2D eigenvalue weighted by molar-refractivity contribution is 7.73. The zero-order valence-corrected chi connectivity index (χ0v) is 10.0. The van der Waals surface area contributed by atoms with Gasteiger partial charge in [-0.15, -0.1) is 11.3 Å². The van der Waals surface area contributed by atoms with Crippen LogP contribution in [0.25, 0.3) is 15.8 Å². The third-order valence-electron chi connectivity index (χ3n) is 2.16. The lowest BCUT2D eigenvalue weighted by molar-refractivity contribution is 1.46. The smallest absolute Gasteiger partial charge is 0.159 e. The van der Waals surface area contributed by atoms with Crippen LogP contribution in [-0.2, 0) is 0 Å². The van der Waals surface area contributed by atoms with Crippen molar-refractivity contribution in [1.82, 2.24) is 4.98 Å². The Bertz CT molecular complexity index is 587. The maximum atomic E-state index is 5.10. The van der Waals surface area contributed by atoms with Crippen molar-refractivity contribution in [2.75, 3.05) is 0 Å². The first-order chi connectivity index (χ1) is 7.20. The molecule has 0 saturated heterocycles. The van der Waals surface area contributed by atoms with Gasteiger partial charge in [0, 0.05) is 0 Å². The van der Waals surface area contributed by atoms with Crippen molar-refractivity contribution >= 4 is 39.3 Å². The summed E-state index contributed by atoms with van der Waals surface area (Å²) in [6.45, 7) is 5.99. The molecule has 0 aliphatic carbocycles. The molecule has 2 aromatic rings. The number of benzene rings is 1. The number of allylic oxidation sites excluding steroid dienone is 3. The van der Waals surface area contributed by atoms with Gasteiger partial charge in [-0.05, 0) is 42.4 Å². The summed E-state index contributed by atoms with van der Waals surface area (Å²) in [6.07, 6.45) is 3.99. The molecule has 1 aromatic carbocycles. The molecule has 2 rings (SSSR count). The fourth-order valence-electron chi connectivity index (χ4n) is 1.45. The van der Waals surface area contributed by atoms with Gasteiger partial charge in [-0.25, -0.2) is 0 Å². The second-order valence-corrected chi connectivity index (χ2v) is 4.97. The molecule has 0 aliphatic rings. The first-order valence-electron chi connectivity index (χ1n) is 4.65. The minimum absolute atomic E-state index is 0.818. The number of aromatic nitrogens is 1. The summed E-state index contributed by atoms with van der Waals surface area (Å²) in [4.78, 5) is 3.16. The molecule has 0 unspecified atom stereocenters. The van der Waals surface area contributed by atoms with Crippen LogP contribution in [0.15, 0.2) is 36.9 Å². The third-order valence-corrected chi connectivity index (χ3v) is 3.37. The Morgan fingerprint density at radius 3 is 3.07 bits per heavy atom. The van der Waals surface area contributed by atoms with Crippen molar-refractivity contribution in [3.63, 3.8) is 0 Å². The molecule has 1 heterocycles. The molecule has 0 aliphatic heterocycles. The first kappa shape index (κ1) is 10.3. The van der Waals surface area contributed by atoms with Crippen molar-refractivity contribution in [2.24, 2.45) is 0 Å². The van der Waals surface area contributed by atoms with E-state index in [1.165, 1.54) is 4.70 Å². The van der Waals surface area contributed by atoms with E-state index in [9.17, 15) is 0 Å².